The first-order chi connectivity index (χ1) is 8.56. The summed E-state index contributed by atoms with van der Waals surface area (Å²) in [6.07, 6.45) is 0. The van der Waals surface area contributed by atoms with Crippen LogP contribution in [0.4, 0.5) is 9.93 Å². The van der Waals surface area contributed by atoms with E-state index < -0.39 is 0 Å². The maximum absolute atomic E-state index is 11.5. The Morgan fingerprint density at radius 3 is 2.56 bits per heavy atom. The molecule has 1 heterocycles. The molecule has 0 fully saturated rings. The van der Waals surface area contributed by atoms with Crippen LogP contribution >= 0.6 is 27.3 Å². The summed E-state index contributed by atoms with van der Waals surface area (Å²) in [6, 6.07) is 7.56. The van der Waals surface area contributed by atoms with E-state index in [2.05, 4.69) is 31.4 Å². The van der Waals surface area contributed by atoms with Gasteiger partial charge < -0.3 is 4.90 Å². The summed E-state index contributed by atoms with van der Waals surface area (Å²) in [5.41, 5.74) is 0.973. The molecule has 0 aliphatic rings. The summed E-state index contributed by atoms with van der Waals surface area (Å²) in [6.45, 7) is 0. The lowest BCUT2D eigenvalue weighted by Crippen LogP contribution is -2.27. The van der Waals surface area contributed by atoms with E-state index in [0.717, 1.165) is 15.0 Å². The largest absolute Gasteiger partial charge is 0.331 e. The number of amides is 2. The first-order valence-corrected chi connectivity index (χ1v) is 6.75. The Morgan fingerprint density at radius 2 is 1.94 bits per heavy atom. The maximum Gasteiger partial charge on any atom is 0.323 e. The molecule has 2 rings (SSSR count). The lowest BCUT2D eigenvalue weighted by atomic mass is 10.2. The molecule has 0 spiro atoms. The quantitative estimate of drug-likeness (QED) is 0.922. The van der Waals surface area contributed by atoms with Crippen molar-refractivity contribution in [3.05, 3.63) is 28.7 Å². The molecule has 18 heavy (non-hydrogen) atoms. The van der Waals surface area contributed by atoms with Crippen LogP contribution < -0.4 is 5.32 Å². The lowest BCUT2D eigenvalue weighted by molar-refractivity contribution is 0.230. The van der Waals surface area contributed by atoms with Crippen molar-refractivity contribution >= 4 is 38.4 Å². The van der Waals surface area contributed by atoms with E-state index in [0.29, 0.717) is 5.13 Å². The predicted molar refractivity (Wildman–Crippen MR) is 75.8 cm³/mol. The number of anilines is 1. The van der Waals surface area contributed by atoms with Crippen molar-refractivity contribution in [3.63, 3.8) is 0 Å². The van der Waals surface area contributed by atoms with Crippen molar-refractivity contribution < 1.29 is 4.79 Å². The minimum atomic E-state index is -0.214. The van der Waals surface area contributed by atoms with Crippen LogP contribution in [-0.4, -0.2) is 35.2 Å². The number of carbonyl (C=O) groups excluding carboxylic acids is 1. The molecule has 0 aliphatic carbocycles. The molecule has 1 N–H and O–H groups in total. The van der Waals surface area contributed by atoms with Crippen LogP contribution in [0.3, 0.4) is 0 Å². The highest BCUT2D eigenvalue weighted by Gasteiger charge is 2.10. The second-order valence-corrected chi connectivity index (χ2v) is 5.64. The summed E-state index contributed by atoms with van der Waals surface area (Å²) in [7, 11) is 3.35. The second-order valence-electron chi connectivity index (χ2n) is 3.74. The Balaban J connectivity index is 2.15. The first kappa shape index (κ1) is 13.0. The topological polar surface area (TPSA) is 58.1 Å². The van der Waals surface area contributed by atoms with E-state index in [1.807, 2.05) is 24.3 Å². The van der Waals surface area contributed by atoms with Gasteiger partial charge in [0.1, 0.15) is 5.01 Å². The van der Waals surface area contributed by atoms with Crippen LogP contribution in [0.15, 0.2) is 28.7 Å². The molecule has 0 unspecified atom stereocenters. The highest BCUT2D eigenvalue weighted by molar-refractivity contribution is 9.10. The minimum Gasteiger partial charge on any atom is -0.331 e. The maximum atomic E-state index is 11.5. The zero-order valence-electron chi connectivity index (χ0n) is 9.85. The molecule has 94 valence electrons. The van der Waals surface area contributed by atoms with Crippen molar-refractivity contribution in [2.24, 2.45) is 0 Å². The van der Waals surface area contributed by atoms with Gasteiger partial charge in [-0.1, -0.05) is 39.4 Å². The zero-order chi connectivity index (χ0) is 13.1. The van der Waals surface area contributed by atoms with Gasteiger partial charge in [-0.15, -0.1) is 10.2 Å². The standard InChI is InChI=1S/C11H11BrN4OS/c1-16(2)11(17)13-10-15-14-9(18-10)7-3-5-8(12)6-4-7/h3-6H,1-2H3,(H,13,15,17). The Morgan fingerprint density at radius 1 is 1.28 bits per heavy atom. The molecule has 2 aromatic rings. The number of rotatable bonds is 2. The van der Waals surface area contributed by atoms with Gasteiger partial charge in [-0.3, -0.25) is 5.32 Å². The molecule has 0 saturated carbocycles. The SMILES string of the molecule is CN(C)C(=O)Nc1nnc(-c2ccc(Br)cc2)s1. The normalized spacial score (nSPS) is 10.2. The van der Waals surface area contributed by atoms with Gasteiger partial charge in [0, 0.05) is 24.1 Å². The number of benzene rings is 1. The minimum absolute atomic E-state index is 0.214. The Hall–Kier alpha value is -1.47. The van der Waals surface area contributed by atoms with Crippen molar-refractivity contribution in [3.8, 4) is 10.6 Å². The van der Waals surface area contributed by atoms with E-state index in [4.69, 9.17) is 0 Å². The van der Waals surface area contributed by atoms with Gasteiger partial charge >= 0.3 is 6.03 Å². The predicted octanol–water partition coefficient (Wildman–Crippen LogP) is 3.06. The molecule has 5 nitrogen and oxygen atoms in total. The van der Waals surface area contributed by atoms with E-state index >= 15 is 0 Å². The molecule has 0 bridgehead atoms. The van der Waals surface area contributed by atoms with Gasteiger partial charge in [0.15, 0.2) is 0 Å². The molecule has 0 atom stereocenters. The van der Waals surface area contributed by atoms with Crippen molar-refractivity contribution in [2.75, 3.05) is 19.4 Å². The number of hydrogen-bond donors (Lipinski definition) is 1. The van der Waals surface area contributed by atoms with Crippen molar-refractivity contribution in [2.45, 2.75) is 0 Å². The smallest absolute Gasteiger partial charge is 0.323 e. The lowest BCUT2D eigenvalue weighted by Gasteiger charge is -2.08. The average molecular weight is 327 g/mol. The third kappa shape index (κ3) is 3.05. The number of nitrogens with zero attached hydrogens (tertiary/aromatic N) is 3. The van der Waals surface area contributed by atoms with Crippen LogP contribution in [0.25, 0.3) is 10.6 Å². The zero-order valence-corrected chi connectivity index (χ0v) is 12.2. The molecule has 1 aromatic heterocycles. The third-order valence-electron chi connectivity index (χ3n) is 2.14. The molecular formula is C11H11BrN4OS. The Bertz CT molecular complexity index is 552. The number of carbonyl (C=O) groups is 1. The van der Waals surface area contributed by atoms with Crippen LogP contribution in [0, 0.1) is 0 Å². The number of aromatic nitrogens is 2. The van der Waals surface area contributed by atoms with E-state index in [9.17, 15) is 4.79 Å². The van der Waals surface area contributed by atoms with Crippen LogP contribution in [-0.2, 0) is 0 Å². The van der Waals surface area contributed by atoms with Crippen molar-refractivity contribution in [1.29, 1.82) is 0 Å². The van der Waals surface area contributed by atoms with E-state index in [-0.39, 0.29) is 6.03 Å². The summed E-state index contributed by atoms with van der Waals surface area (Å²) in [5, 5.41) is 11.9. The van der Waals surface area contributed by atoms with Gasteiger partial charge in [0.25, 0.3) is 0 Å². The molecular weight excluding hydrogens is 316 g/mol. The van der Waals surface area contributed by atoms with Gasteiger partial charge in [0.05, 0.1) is 0 Å². The molecule has 0 radical (unpaired) electrons. The Kier molecular flexibility index (Phi) is 3.93. The summed E-state index contributed by atoms with van der Waals surface area (Å²) >= 11 is 4.72. The van der Waals surface area contributed by atoms with Gasteiger partial charge in [-0.05, 0) is 12.1 Å². The highest BCUT2D eigenvalue weighted by atomic mass is 79.9. The molecule has 2 amide bonds. The Labute approximate surface area is 117 Å². The molecule has 7 heteroatoms. The fraction of sp³-hybridized carbons (Fsp3) is 0.182. The third-order valence-corrected chi connectivity index (χ3v) is 3.55. The van der Waals surface area contributed by atoms with Gasteiger partial charge in [-0.2, -0.15) is 0 Å². The number of nitrogens with one attached hydrogen (secondary N) is 1. The van der Waals surface area contributed by atoms with Gasteiger partial charge in [0.2, 0.25) is 5.13 Å². The number of urea groups is 1. The van der Waals surface area contributed by atoms with Crippen LogP contribution in [0.5, 0.6) is 0 Å². The molecule has 1 aromatic carbocycles. The highest BCUT2D eigenvalue weighted by Crippen LogP contribution is 2.27. The summed E-state index contributed by atoms with van der Waals surface area (Å²) in [4.78, 5) is 12.9. The monoisotopic (exact) mass is 326 g/mol. The number of hydrogen-bond acceptors (Lipinski definition) is 4. The fourth-order valence-electron chi connectivity index (χ4n) is 1.19. The van der Waals surface area contributed by atoms with Crippen LogP contribution in [0.2, 0.25) is 0 Å². The van der Waals surface area contributed by atoms with Crippen LogP contribution in [0.1, 0.15) is 0 Å². The van der Waals surface area contributed by atoms with Gasteiger partial charge in [-0.25, -0.2) is 4.79 Å². The average Bonchev–Trinajstić information content (AvgIpc) is 2.78. The first-order valence-electron chi connectivity index (χ1n) is 5.14. The van der Waals surface area contributed by atoms with E-state index in [1.165, 1.54) is 16.2 Å². The number of halogens is 1. The second kappa shape index (κ2) is 5.45. The van der Waals surface area contributed by atoms with E-state index in [1.54, 1.807) is 14.1 Å². The molecule has 0 saturated heterocycles. The summed E-state index contributed by atoms with van der Waals surface area (Å²) < 4.78 is 1.01. The van der Waals surface area contributed by atoms with Crippen molar-refractivity contribution in [1.82, 2.24) is 15.1 Å². The fourth-order valence-corrected chi connectivity index (χ4v) is 2.19. The molecule has 0 aliphatic heterocycles. The summed E-state index contributed by atoms with van der Waals surface area (Å²) in [5.74, 6) is 0.